The van der Waals surface area contributed by atoms with Gasteiger partial charge in [-0.05, 0) is 18.8 Å². The van der Waals surface area contributed by atoms with Crippen molar-refractivity contribution in [2.24, 2.45) is 5.92 Å². The molecule has 2 rings (SSSR count). The second kappa shape index (κ2) is 6.80. The van der Waals surface area contributed by atoms with Gasteiger partial charge in [0.2, 0.25) is 16.9 Å². The number of anilines is 1. The van der Waals surface area contributed by atoms with E-state index >= 15 is 0 Å². The van der Waals surface area contributed by atoms with Gasteiger partial charge in [-0.3, -0.25) is 4.79 Å². The third kappa shape index (κ3) is 4.56. The zero-order chi connectivity index (χ0) is 16.3. The smallest absolute Gasteiger partial charge is 0.357 e. The lowest BCUT2D eigenvalue weighted by atomic mass is 10.0. The molecule has 1 aromatic rings. The number of rotatable bonds is 4. The van der Waals surface area contributed by atoms with E-state index in [4.69, 9.17) is 0 Å². The molecule has 0 saturated carbocycles. The minimum absolute atomic E-state index is 0.0251. The van der Waals surface area contributed by atoms with E-state index in [0.717, 1.165) is 0 Å². The van der Waals surface area contributed by atoms with Gasteiger partial charge in [0.05, 0.1) is 0 Å². The van der Waals surface area contributed by atoms with Crippen LogP contribution in [-0.2, 0) is 11.0 Å². The zero-order valence-electron chi connectivity index (χ0n) is 12.5. The molecule has 1 N–H and O–H groups in total. The number of halogens is 3. The van der Waals surface area contributed by atoms with Crippen LogP contribution < -0.4 is 5.32 Å². The topological polar surface area (TPSA) is 58.1 Å². The largest absolute Gasteiger partial charge is 0.452 e. The monoisotopic (exact) mass is 336 g/mol. The number of amides is 1. The number of aromatic nitrogens is 2. The molecule has 1 fully saturated rings. The van der Waals surface area contributed by atoms with Gasteiger partial charge in [0.25, 0.3) is 0 Å². The molecule has 0 unspecified atom stereocenters. The van der Waals surface area contributed by atoms with Crippen molar-refractivity contribution in [2.75, 3.05) is 18.4 Å². The molecule has 0 radical (unpaired) electrons. The van der Waals surface area contributed by atoms with Crippen LogP contribution in [0.1, 0.15) is 38.9 Å². The van der Waals surface area contributed by atoms with E-state index in [-0.39, 0.29) is 17.1 Å². The number of hydrogen-bond donors (Lipinski definition) is 1. The van der Waals surface area contributed by atoms with Gasteiger partial charge in [0.1, 0.15) is 0 Å². The third-order valence-electron chi connectivity index (χ3n) is 3.44. The fourth-order valence-electron chi connectivity index (χ4n) is 2.32. The van der Waals surface area contributed by atoms with Crippen LogP contribution in [0.3, 0.4) is 0 Å². The molecule has 0 bridgehead atoms. The number of carbonyl (C=O) groups is 1. The third-order valence-corrected chi connectivity index (χ3v) is 4.08. The molecule has 0 atom stereocenters. The summed E-state index contributed by atoms with van der Waals surface area (Å²) in [5, 5.41) is 3.16. The normalized spacial score (nSPS) is 17.1. The highest BCUT2D eigenvalue weighted by molar-refractivity contribution is 7.09. The second-order valence-electron chi connectivity index (χ2n) is 5.82. The average molecular weight is 336 g/mol. The van der Waals surface area contributed by atoms with Gasteiger partial charge in [0.15, 0.2) is 0 Å². The Bertz CT molecular complexity index is 510. The summed E-state index contributed by atoms with van der Waals surface area (Å²) in [7, 11) is 0. The van der Waals surface area contributed by atoms with E-state index in [9.17, 15) is 18.0 Å². The van der Waals surface area contributed by atoms with Gasteiger partial charge >= 0.3 is 6.18 Å². The summed E-state index contributed by atoms with van der Waals surface area (Å²) < 4.78 is 40.6. The van der Waals surface area contributed by atoms with Gasteiger partial charge < -0.3 is 10.2 Å². The number of likely N-dealkylation sites (tertiary alicyclic amines) is 1. The van der Waals surface area contributed by atoms with Crippen molar-refractivity contribution >= 4 is 22.6 Å². The molecule has 5 nitrogen and oxygen atoms in total. The van der Waals surface area contributed by atoms with Crippen LogP contribution in [0.15, 0.2) is 0 Å². The van der Waals surface area contributed by atoms with Gasteiger partial charge in [-0.2, -0.15) is 22.5 Å². The van der Waals surface area contributed by atoms with Gasteiger partial charge in [-0.25, -0.2) is 0 Å². The van der Waals surface area contributed by atoms with Gasteiger partial charge in [-0.15, -0.1) is 0 Å². The van der Waals surface area contributed by atoms with Gasteiger partial charge in [0, 0.05) is 37.1 Å². The fourth-order valence-corrected chi connectivity index (χ4v) is 2.99. The van der Waals surface area contributed by atoms with E-state index < -0.39 is 12.0 Å². The van der Waals surface area contributed by atoms with E-state index in [1.807, 2.05) is 18.7 Å². The summed E-state index contributed by atoms with van der Waals surface area (Å²) in [6.07, 6.45) is -2.58. The second-order valence-corrected chi connectivity index (χ2v) is 6.57. The van der Waals surface area contributed by atoms with Gasteiger partial charge in [-0.1, -0.05) is 13.8 Å². The maximum absolute atomic E-state index is 12.4. The van der Waals surface area contributed by atoms with Crippen LogP contribution in [-0.4, -0.2) is 39.3 Å². The van der Waals surface area contributed by atoms with Crippen molar-refractivity contribution in [1.29, 1.82) is 0 Å². The predicted octanol–water partition coefficient (Wildman–Crippen LogP) is 3.01. The lowest BCUT2D eigenvalue weighted by Crippen LogP contribution is -2.42. The summed E-state index contributed by atoms with van der Waals surface area (Å²) in [5.74, 6) is -0.640. The molecule has 0 aromatic carbocycles. The first-order chi connectivity index (χ1) is 10.3. The van der Waals surface area contributed by atoms with Crippen LogP contribution in [0.4, 0.5) is 18.3 Å². The minimum atomic E-state index is -4.51. The Morgan fingerprint density at radius 3 is 2.55 bits per heavy atom. The molecule has 1 saturated heterocycles. The Hall–Kier alpha value is -1.38. The van der Waals surface area contributed by atoms with E-state index in [0.29, 0.717) is 49.8 Å². The summed E-state index contributed by atoms with van der Waals surface area (Å²) >= 11 is 0.713. The van der Waals surface area contributed by atoms with Crippen LogP contribution in [0.25, 0.3) is 0 Å². The molecule has 1 aliphatic rings. The molecule has 0 aliphatic carbocycles. The molecule has 1 aromatic heterocycles. The highest BCUT2D eigenvalue weighted by Gasteiger charge is 2.36. The lowest BCUT2D eigenvalue weighted by molar-refractivity contribution is -0.144. The van der Waals surface area contributed by atoms with Crippen molar-refractivity contribution in [1.82, 2.24) is 14.3 Å². The maximum Gasteiger partial charge on any atom is 0.452 e. The van der Waals surface area contributed by atoms with Crippen molar-refractivity contribution in [3.05, 3.63) is 5.82 Å². The van der Waals surface area contributed by atoms with Crippen molar-refractivity contribution < 1.29 is 18.0 Å². The molecule has 1 amide bonds. The Labute approximate surface area is 131 Å². The quantitative estimate of drug-likeness (QED) is 0.918. The summed E-state index contributed by atoms with van der Waals surface area (Å²) in [6, 6.07) is 0.0251. The van der Waals surface area contributed by atoms with Crippen molar-refractivity contribution in [2.45, 2.75) is 45.3 Å². The van der Waals surface area contributed by atoms with Crippen LogP contribution in [0.2, 0.25) is 0 Å². The first-order valence-electron chi connectivity index (χ1n) is 7.21. The first-order valence-corrected chi connectivity index (χ1v) is 7.98. The van der Waals surface area contributed by atoms with E-state index in [1.165, 1.54) is 0 Å². The number of nitrogens with zero attached hydrogens (tertiary/aromatic N) is 3. The number of carbonyl (C=O) groups excluding carboxylic acids is 1. The molecule has 1 aliphatic heterocycles. The Balaban J connectivity index is 1.82. The first kappa shape index (κ1) is 17.0. The zero-order valence-corrected chi connectivity index (χ0v) is 13.3. The number of alkyl halides is 3. The summed E-state index contributed by atoms with van der Waals surface area (Å²) in [6.45, 7) is 5.24. The highest BCUT2D eigenvalue weighted by Crippen LogP contribution is 2.29. The molecule has 0 spiro atoms. The number of piperidine rings is 1. The predicted molar refractivity (Wildman–Crippen MR) is 77.6 cm³/mol. The average Bonchev–Trinajstić information content (AvgIpc) is 2.87. The summed E-state index contributed by atoms with van der Waals surface area (Å²) in [5.41, 5.74) is 0. The van der Waals surface area contributed by atoms with E-state index in [1.54, 1.807) is 0 Å². The van der Waals surface area contributed by atoms with Crippen molar-refractivity contribution in [3.8, 4) is 0 Å². The molecule has 2 heterocycles. The van der Waals surface area contributed by atoms with Crippen molar-refractivity contribution in [3.63, 3.8) is 0 Å². The van der Waals surface area contributed by atoms with Crippen LogP contribution in [0, 0.1) is 5.92 Å². The summed E-state index contributed by atoms with van der Waals surface area (Å²) in [4.78, 5) is 17.2. The molecule has 22 heavy (non-hydrogen) atoms. The maximum atomic E-state index is 12.4. The fraction of sp³-hybridized carbons (Fsp3) is 0.769. The molecular weight excluding hydrogens is 317 g/mol. The molecule has 124 valence electrons. The number of nitrogens with one attached hydrogen (secondary N) is 1. The lowest BCUT2D eigenvalue weighted by Gasteiger charge is -2.32. The Morgan fingerprint density at radius 2 is 2.05 bits per heavy atom. The Kier molecular flexibility index (Phi) is 5.25. The minimum Gasteiger partial charge on any atom is -0.357 e. The van der Waals surface area contributed by atoms with Crippen LogP contribution >= 0.6 is 11.5 Å². The molecular formula is C13H19F3N4OS. The van der Waals surface area contributed by atoms with E-state index in [2.05, 4.69) is 14.7 Å². The standard InChI is InChI=1S/C13H19F3N4OS/c1-8(2)7-10(21)20-5-3-9(4-6-20)17-12-18-11(19-22-12)13(14,15)16/h8-9H,3-7H2,1-2H3,(H,17,18,19). The number of hydrogen-bond acceptors (Lipinski definition) is 5. The Morgan fingerprint density at radius 1 is 1.41 bits per heavy atom. The highest BCUT2D eigenvalue weighted by atomic mass is 32.1. The SMILES string of the molecule is CC(C)CC(=O)N1CCC(Nc2nc(C(F)(F)F)ns2)CC1. The van der Waals surface area contributed by atoms with Crippen LogP contribution in [0.5, 0.6) is 0 Å². The molecule has 9 heteroatoms.